The molecule has 2 aromatic rings. The molecule has 2 N–H and O–H groups in total. The largest absolute Gasteiger partial charge is 0.398 e. The third-order valence-corrected chi connectivity index (χ3v) is 3.61. The average Bonchev–Trinajstić information content (AvgIpc) is 2.99. The fourth-order valence-electron chi connectivity index (χ4n) is 2.59. The second kappa shape index (κ2) is 5.05. The molecule has 0 bridgehead atoms. The average molecular weight is 284 g/mol. The number of benzene rings is 1. The Morgan fingerprint density at radius 3 is 2.76 bits per heavy atom. The lowest BCUT2D eigenvalue weighted by Crippen LogP contribution is -2.30. The van der Waals surface area contributed by atoms with E-state index < -0.39 is 0 Å². The fraction of sp³-hybridized carbons (Fsp3) is 0.267. The van der Waals surface area contributed by atoms with Crippen LogP contribution in [0, 0.1) is 0 Å². The summed E-state index contributed by atoms with van der Waals surface area (Å²) < 4.78 is 1.95. The predicted octanol–water partition coefficient (Wildman–Crippen LogP) is 1.67. The number of carbonyl (C=O) groups excluding carboxylic acids is 2. The molecule has 1 aromatic heterocycles. The summed E-state index contributed by atoms with van der Waals surface area (Å²) in [5, 5.41) is 0. The maximum Gasteiger partial charge on any atom is 0.264 e. The molecule has 21 heavy (non-hydrogen) atoms. The number of nitrogen functional groups attached to an aromatic ring is 1. The molecule has 6 nitrogen and oxygen atoms in total. The number of fused-ring (bicyclic) bond motifs is 1. The van der Waals surface area contributed by atoms with Crippen molar-refractivity contribution in [2.45, 2.75) is 26.4 Å². The van der Waals surface area contributed by atoms with E-state index in [1.54, 1.807) is 30.7 Å². The zero-order valence-corrected chi connectivity index (χ0v) is 11.7. The van der Waals surface area contributed by atoms with Gasteiger partial charge >= 0.3 is 0 Å². The van der Waals surface area contributed by atoms with Gasteiger partial charge in [-0.3, -0.25) is 14.5 Å². The summed E-state index contributed by atoms with van der Waals surface area (Å²) in [5.41, 5.74) is 7.69. The molecule has 0 unspecified atom stereocenters. The van der Waals surface area contributed by atoms with Gasteiger partial charge in [-0.25, -0.2) is 4.98 Å². The van der Waals surface area contributed by atoms with Crippen molar-refractivity contribution in [3.63, 3.8) is 0 Å². The van der Waals surface area contributed by atoms with Crippen LogP contribution in [0.5, 0.6) is 0 Å². The molecule has 0 saturated heterocycles. The minimum atomic E-state index is -0.336. The van der Waals surface area contributed by atoms with Gasteiger partial charge in [0, 0.05) is 18.4 Å². The summed E-state index contributed by atoms with van der Waals surface area (Å²) in [6.07, 6.45) is 4.35. The zero-order chi connectivity index (χ0) is 15.0. The molecule has 0 aliphatic carbocycles. The van der Waals surface area contributed by atoms with E-state index >= 15 is 0 Å². The van der Waals surface area contributed by atoms with E-state index in [1.165, 1.54) is 4.90 Å². The zero-order valence-electron chi connectivity index (χ0n) is 11.7. The van der Waals surface area contributed by atoms with Gasteiger partial charge in [-0.05, 0) is 18.6 Å². The topological polar surface area (TPSA) is 81.2 Å². The number of aromatic nitrogens is 2. The standard InChI is InChI=1S/C15H16N4O2/c1-2-6-18-9-17-7-10(18)8-19-14(20)11-4-3-5-12(16)13(11)15(19)21/h3-5,7,9H,2,6,8,16H2,1H3. The highest BCUT2D eigenvalue weighted by Crippen LogP contribution is 2.28. The molecule has 0 atom stereocenters. The summed E-state index contributed by atoms with van der Waals surface area (Å²) in [5.74, 6) is -0.635. The van der Waals surface area contributed by atoms with Crippen LogP contribution in [-0.4, -0.2) is 26.3 Å². The third kappa shape index (κ3) is 2.08. The predicted molar refractivity (Wildman–Crippen MR) is 77.6 cm³/mol. The second-order valence-corrected chi connectivity index (χ2v) is 5.04. The molecule has 2 amide bonds. The van der Waals surface area contributed by atoms with Crippen LogP contribution in [0.4, 0.5) is 5.69 Å². The number of amides is 2. The van der Waals surface area contributed by atoms with Crippen LogP contribution in [-0.2, 0) is 13.1 Å². The molecule has 3 rings (SSSR count). The van der Waals surface area contributed by atoms with E-state index in [9.17, 15) is 9.59 Å². The lowest BCUT2D eigenvalue weighted by atomic mass is 10.1. The SMILES string of the molecule is CCCn1cncc1CN1C(=O)c2cccc(N)c2C1=O. The number of rotatable bonds is 4. The molecule has 6 heteroatoms. The molecular weight excluding hydrogens is 268 g/mol. The van der Waals surface area contributed by atoms with E-state index in [-0.39, 0.29) is 18.4 Å². The van der Waals surface area contributed by atoms with Crippen molar-refractivity contribution in [2.75, 3.05) is 5.73 Å². The normalized spacial score (nSPS) is 13.9. The van der Waals surface area contributed by atoms with Crippen molar-refractivity contribution >= 4 is 17.5 Å². The van der Waals surface area contributed by atoms with Crippen molar-refractivity contribution < 1.29 is 9.59 Å². The Balaban J connectivity index is 1.92. The highest BCUT2D eigenvalue weighted by molar-refractivity contribution is 6.23. The number of imide groups is 1. The molecule has 0 saturated carbocycles. The number of hydrogen-bond donors (Lipinski definition) is 1. The van der Waals surface area contributed by atoms with Crippen LogP contribution < -0.4 is 5.73 Å². The summed E-state index contributed by atoms with van der Waals surface area (Å²) >= 11 is 0. The van der Waals surface area contributed by atoms with Crippen molar-refractivity contribution in [3.8, 4) is 0 Å². The van der Waals surface area contributed by atoms with Crippen LogP contribution in [0.3, 0.4) is 0 Å². The molecule has 0 fully saturated rings. The van der Waals surface area contributed by atoms with E-state index in [1.807, 2.05) is 4.57 Å². The van der Waals surface area contributed by atoms with E-state index in [4.69, 9.17) is 5.73 Å². The highest BCUT2D eigenvalue weighted by Gasteiger charge is 2.37. The Bertz CT molecular complexity index is 720. The number of imidazole rings is 1. The molecule has 2 heterocycles. The second-order valence-electron chi connectivity index (χ2n) is 5.04. The maximum atomic E-state index is 12.4. The lowest BCUT2D eigenvalue weighted by Gasteiger charge is -2.15. The van der Waals surface area contributed by atoms with Gasteiger partial charge in [-0.2, -0.15) is 0 Å². The van der Waals surface area contributed by atoms with Crippen molar-refractivity contribution in [1.82, 2.24) is 14.5 Å². The Labute approximate surface area is 122 Å². The Morgan fingerprint density at radius 2 is 2.05 bits per heavy atom. The van der Waals surface area contributed by atoms with Crippen molar-refractivity contribution in [2.24, 2.45) is 0 Å². The Hall–Kier alpha value is -2.63. The Kier molecular flexibility index (Phi) is 3.21. The number of hydrogen-bond acceptors (Lipinski definition) is 4. The minimum absolute atomic E-state index is 0.214. The number of anilines is 1. The van der Waals surface area contributed by atoms with Gasteiger partial charge in [0.2, 0.25) is 0 Å². The summed E-state index contributed by atoms with van der Waals surface area (Å²) in [7, 11) is 0. The smallest absolute Gasteiger partial charge is 0.264 e. The molecule has 1 aromatic carbocycles. The van der Waals surface area contributed by atoms with E-state index in [0.29, 0.717) is 16.8 Å². The quantitative estimate of drug-likeness (QED) is 0.684. The first kappa shape index (κ1) is 13.4. The highest BCUT2D eigenvalue weighted by atomic mass is 16.2. The number of nitrogens with two attached hydrogens (primary N) is 1. The van der Waals surface area contributed by atoms with Crippen molar-refractivity contribution in [3.05, 3.63) is 47.5 Å². The van der Waals surface area contributed by atoms with Crippen LogP contribution in [0.15, 0.2) is 30.7 Å². The van der Waals surface area contributed by atoms with Crippen LogP contribution in [0.1, 0.15) is 39.8 Å². The van der Waals surface area contributed by atoms with Crippen LogP contribution in [0.2, 0.25) is 0 Å². The number of nitrogens with zero attached hydrogens (tertiary/aromatic N) is 3. The minimum Gasteiger partial charge on any atom is -0.398 e. The number of aryl methyl sites for hydroxylation is 1. The Morgan fingerprint density at radius 1 is 1.24 bits per heavy atom. The van der Waals surface area contributed by atoms with Gasteiger partial charge in [0.15, 0.2) is 0 Å². The molecule has 1 aliphatic rings. The molecular formula is C15H16N4O2. The van der Waals surface area contributed by atoms with Gasteiger partial charge in [-0.15, -0.1) is 0 Å². The summed E-state index contributed by atoms with van der Waals surface area (Å²) in [6.45, 7) is 3.08. The summed E-state index contributed by atoms with van der Waals surface area (Å²) in [4.78, 5) is 30.1. The first-order valence-electron chi connectivity index (χ1n) is 6.87. The molecule has 108 valence electrons. The molecule has 0 spiro atoms. The van der Waals surface area contributed by atoms with Gasteiger partial charge < -0.3 is 10.3 Å². The molecule has 0 radical (unpaired) electrons. The lowest BCUT2D eigenvalue weighted by molar-refractivity contribution is 0.0639. The summed E-state index contributed by atoms with van der Waals surface area (Å²) in [6, 6.07) is 4.95. The third-order valence-electron chi connectivity index (χ3n) is 3.61. The molecule has 1 aliphatic heterocycles. The van der Waals surface area contributed by atoms with Gasteiger partial charge in [0.25, 0.3) is 11.8 Å². The van der Waals surface area contributed by atoms with Gasteiger partial charge in [-0.1, -0.05) is 13.0 Å². The van der Waals surface area contributed by atoms with Crippen molar-refractivity contribution in [1.29, 1.82) is 0 Å². The van der Waals surface area contributed by atoms with E-state index in [2.05, 4.69) is 11.9 Å². The van der Waals surface area contributed by atoms with Crippen LogP contribution >= 0.6 is 0 Å². The maximum absolute atomic E-state index is 12.4. The van der Waals surface area contributed by atoms with Gasteiger partial charge in [0.05, 0.1) is 29.7 Å². The van der Waals surface area contributed by atoms with Crippen LogP contribution in [0.25, 0.3) is 0 Å². The number of carbonyl (C=O) groups is 2. The fourth-order valence-corrected chi connectivity index (χ4v) is 2.59. The first-order valence-corrected chi connectivity index (χ1v) is 6.87. The van der Waals surface area contributed by atoms with Gasteiger partial charge in [0.1, 0.15) is 0 Å². The van der Waals surface area contributed by atoms with E-state index in [0.717, 1.165) is 18.7 Å². The first-order chi connectivity index (χ1) is 10.1. The monoisotopic (exact) mass is 284 g/mol.